The number of carbonyl (C=O) groups is 1. The quantitative estimate of drug-likeness (QED) is 0.611. The minimum Gasteiger partial charge on any atom is -0.394 e. The molecular formula is C8H11N2O+. The second-order valence-corrected chi connectivity index (χ2v) is 2.51. The van der Waals surface area contributed by atoms with Crippen LogP contribution in [0.3, 0.4) is 0 Å². The highest BCUT2D eigenvalue weighted by molar-refractivity contribution is 5.73. The Morgan fingerprint density at radius 1 is 1.73 bits per heavy atom. The van der Waals surface area contributed by atoms with Gasteiger partial charge in [0, 0.05) is 13.0 Å². The zero-order valence-corrected chi connectivity index (χ0v) is 6.45. The first kappa shape index (κ1) is 7.72. The van der Waals surface area contributed by atoms with Crippen molar-refractivity contribution in [3.63, 3.8) is 0 Å². The molecule has 11 heavy (non-hydrogen) atoms. The van der Waals surface area contributed by atoms with Gasteiger partial charge in [-0.05, 0) is 6.07 Å². The van der Waals surface area contributed by atoms with E-state index in [1.54, 1.807) is 23.8 Å². The third-order valence-electron chi connectivity index (χ3n) is 1.29. The first-order valence-corrected chi connectivity index (χ1v) is 3.42. The van der Waals surface area contributed by atoms with Crippen molar-refractivity contribution in [2.45, 2.75) is 13.5 Å². The highest BCUT2D eigenvalue weighted by Gasteiger charge is 2.02. The number of rotatable bonds is 2. The monoisotopic (exact) mass is 151 g/mol. The van der Waals surface area contributed by atoms with Gasteiger partial charge in [0.15, 0.2) is 18.2 Å². The molecule has 0 spiro atoms. The summed E-state index contributed by atoms with van der Waals surface area (Å²) in [6.45, 7) is 1.95. The molecule has 3 heteroatoms. The highest BCUT2D eigenvalue weighted by Crippen LogP contribution is 1.92. The molecule has 2 N–H and O–H groups in total. The molecular weight excluding hydrogens is 140 g/mol. The molecule has 1 rings (SSSR count). The molecule has 0 aliphatic heterocycles. The summed E-state index contributed by atoms with van der Waals surface area (Å²) in [6, 6.07) is 3.61. The van der Waals surface area contributed by atoms with E-state index in [1.807, 2.05) is 12.3 Å². The summed E-state index contributed by atoms with van der Waals surface area (Å²) in [5.41, 5.74) is 6.18. The lowest BCUT2D eigenvalue weighted by Crippen LogP contribution is -2.36. The van der Waals surface area contributed by atoms with E-state index in [2.05, 4.69) is 0 Å². The Balaban J connectivity index is 2.79. The molecule has 0 atom stereocenters. The largest absolute Gasteiger partial charge is 0.394 e. The average Bonchev–Trinajstić information content (AvgIpc) is 1.85. The molecule has 3 nitrogen and oxygen atoms in total. The van der Waals surface area contributed by atoms with Crippen LogP contribution >= 0.6 is 0 Å². The van der Waals surface area contributed by atoms with E-state index in [1.165, 1.54) is 0 Å². The molecule has 1 aromatic heterocycles. The molecule has 0 aromatic carbocycles. The van der Waals surface area contributed by atoms with E-state index in [4.69, 9.17) is 5.73 Å². The van der Waals surface area contributed by atoms with Crippen LogP contribution in [-0.4, -0.2) is 5.78 Å². The predicted octanol–water partition coefficient (Wildman–Crippen LogP) is 0.145. The predicted molar refractivity (Wildman–Crippen MR) is 41.7 cm³/mol. The number of nitrogens with zero attached hydrogens (tertiary/aromatic N) is 1. The maximum Gasteiger partial charge on any atom is 0.206 e. The van der Waals surface area contributed by atoms with E-state index in [-0.39, 0.29) is 5.78 Å². The first-order valence-electron chi connectivity index (χ1n) is 3.42. The van der Waals surface area contributed by atoms with E-state index < -0.39 is 0 Å². The molecule has 0 aliphatic carbocycles. The molecule has 1 aromatic rings. The van der Waals surface area contributed by atoms with Gasteiger partial charge in [0.25, 0.3) is 0 Å². The van der Waals surface area contributed by atoms with Crippen molar-refractivity contribution in [1.82, 2.24) is 0 Å². The Morgan fingerprint density at radius 3 is 3.00 bits per heavy atom. The van der Waals surface area contributed by atoms with Gasteiger partial charge in [-0.15, -0.1) is 0 Å². The van der Waals surface area contributed by atoms with Gasteiger partial charge in [0.05, 0.1) is 5.69 Å². The van der Waals surface area contributed by atoms with Crippen LogP contribution in [0.4, 0.5) is 5.69 Å². The maximum absolute atomic E-state index is 10.7. The van der Waals surface area contributed by atoms with Crippen LogP contribution in [0.1, 0.15) is 6.92 Å². The van der Waals surface area contributed by atoms with Crippen LogP contribution in [0.5, 0.6) is 0 Å². The minimum absolute atomic E-state index is 0.126. The topological polar surface area (TPSA) is 47.0 Å². The van der Waals surface area contributed by atoms with Crippen molar-refractivity contribution in [2.75, 3.05) is 5.73 Å². The Kier molecular flexibility index (Phi) is 2.21. The summed E-state index contributed by atoms with van der Waals surface area (Å²) < 4.78 is 1.76. The second-order valence-electron chi connectivity index (χ2n) is 2.51. The van der Waals surface area contributed by atoms with Crippen molar-refractivity contribution in [3.05, 3.63) is 24.5 Å². The fraction of sp³-hybridized carbons (Fsp3) is 0.250. The van der Waals surface area contributed by atoms with Crippen LogP contribution in [0, 0.1) is 0 Å². The number of hydrogen-bond donors (Lipinski definition) is 1. The zero-order chi connectivity index (χ0) is 8.27. The fourth-order valence-corrected chi connectivity index (χ4v) is 0.898. The summed E-state index contributed by atoms with van der Waals surface area (Å²) in [6.07, 6.45) is 3.55. The van der Waals surface area contributed by atoms with Gasteiger partial charge in [-0.3, -0.25) is 4.79 Å². The van der Waals surface area contributed by atoms with Crippen molar-refractivity contribution in [1.29, 1.82) is 0 Å². The minimum atomic E-state index is 0.126. The lowest BCUT2D eigenvalue weighted by atomic mass is 10.4. The van der Waals surface area contributed by atoms with Crippen molar-refractivity contribution >= 4 is 11.5 Å². The molecule has 0 saturated heterocycles. The van der Waals surface area contributed by atoms with E-state index in [0.29, 0.717) is 12.2 Å². The van der Waals surface area contributed by atoms with Gasteiger partial charge in [-0.2, -0.15) is 4.57 Å². The fourth-order valence-electron chi connectivity index (χ4n) is 0.898. The van der Waals surface area contributed by atoms with Gasteiger partial charge in [0.2, 0.25) is 6.54 Å². The van der Waals surface area contributed by atoms with Gasteiger partial charge in [-0.25, -0.2) is 0 Å². The Hall–Kier alpha value is -1.38. The zero-order valence-electron chi connectivity index (χ0n) is 6.45. The van der Waals surface area contributed by atoms with Gasteiger partial charge in [0.1, 0.15) is 0 Å². The third kappa shape index (κ3) is 2.37. The van der Waals surface area contributed by atoms with Crippen LogP contribution in [-0.2, 0) is 11.3 Å². The lowest BCUT2D eigenvalue weighted by Gasteiger charge is -1.92. The summed E-state index contributed by atoms with van der Waals surface area (Å²) >= 11 is 0. The molecule has 0 bridgehead atoms. The van der Waals surface area contributed by atoms with Crippen LogP contribution in [0.2, 0.25) is 0 Å². The number of Topliss-reactive ketones (excluding diaryl/α,β-unsaturated/α-hetero) is 1. The summed E-state index contributed by atoms with van der Waals surface area (Å²) in [5, 5.41) is 0. The van der Waals surface area contributed by atoms with E-state index >= 15 is 0 Å². The first-order chi connectivity index (χ1) is 5.18. The Bertz CT molecular complexity index is 271. The third-order valence-corrected chi connectivity index (χ3v) is 1.29. The molecule has 0 aliphatic rings. The number of carbonyl (C=O) groups excluding carboxylic acids is 1. The Labute approximate surface area is 65.5 Å². The number of ketones is 1. The highest BCUT2D eigenvalue weighted by atomic mass is 16.1. The number of nitrogens with two attached hydrogens (primary N) is 1. The molecule has 0 unspecified atom stereocenters. The normalized spacial score (nSPS) is 9.55. The molecule has 1 heterocycles. The number of hydrogen-bond acceptors (Lipinski definition) is 2. The van der Waals surface area contributed by atoms with Crippen molar-refractivity contribution in [3.8, 4) is 0 Å². The lowest BCUT2D eigenvalue weighted by molar-refractivity contribution is -0.683. The summed E-state index contributed by atoms with van der Waals surface area (Å²) in [4.78, 5) is 10.7. The standard InChI is InChI=1S/C8H11N2O/c1-7(11)5-10-4-2-3-8(9)6-10/h2-4,6H,5,9H2,1H3/q+1. The maximum atomic E-state index is 10.7. The van der Waals surface area contributed by atoms with Gasteiger partial charge in [-0.1, -0.05) is 0 Å². The molecule has 0 amide bonds. The van der Waals surface area contributed by atoms with Crippen molar-refractivity contribution < 1.29 is 9.36 Å². The van der Waals surface area contributed by atoms with Crippen molar-refractivity contribution in [2.24, 2.45) is 0 Å². The number of anilines is 1. The number of aromatic nitrogens is 1. The van der Waals surface area contributed by atoms with E-state index in [0.717, 1.165) is 0 Å². The van der Waals surface area contributed by atoms with Crippen LogP contribution in [0.15, 0.2) is 24.5 Å². The SMILES string of the molecule is CC(=O)C[n+]1cccc(N)c1. The molecule has 58 valence electrons. The molecule has 0 radical (unpaired) electrons. The Morgan fingerprint density at radius 2 is 2.45 bits per heavy atom. The number of nitrogen functional groups attached to an aromatic ring is 1. The van der Waals surface area contributed by atoms with E-state index in [9.17, 15) is 4.79 Å². The van der Waals surface area contributed by atoms with Gasteiger partial charge >= 0.3 is 0 Å². The summed E-state index contributed by atoms with van der Waals surface area (Å²) in [7, 11) is 0. The summed E-state index contributed by atoms with van der Waals surface area (Å²) in [5.74, 6) is 0.126. The second kappa shape index (κ2) is 3.14. The molecule has 0 fully saturated rings. The molecule has 0 saturated carbocycles. The van der Waals surface area contributed by atoms with Crippen LogP contribution in [0.25, 0.3) is 0 Å². The smallest absolute Gasteiger partial charge is 0.206 e. The average molecular weight is 151 g/mol. The van der Waals surface area contributed by atoms with Crippen LogP contribution < -0.4 is 10.3 Å². The number of pyridine rings is 1. The van der Waals surface area contributed by atoms with Gasteiger partial charge < -0.3 is 5.73 Å².